The molecule has 0 bridgehead atoms. The molecule has 3 nitrogen and oxygen atoms in total. The van der Waals surface area contributed by atoms with Crippen molar-refractivity contribution in [2.24, 2.45) is 5.73 Å². The second-order valence-electron chi connectivity index (χ2n) is 2.19. The summed E-state index contributed by atoms with van der Waals surface area (Å²) in [5.74, 6) is -0.694. The number of halogens is 2. The molecule has 1 aliphatic heterocycles. The number of rotatable bonds is 2. The summed E-state index contributed by atoms with van der Waals surface area (Å²) in [6, 6.07) is 0. The van der Waals surface area contributed by atoms with Crippen molar-refractivity contribution in [3.63, 3.8) is 0 Å². The van der Waals surface area contributed by atoms with E-state index in [0.29, 0.717) is 0 Å². The van der Waals surface area contributed by atoms with Crippen LogP contribution in [0.25, 0.3) is 0 Å². The maximum atomic E-state index is 11.7. The molecule has 0 saturated heterocycles. The average Bonchev–Trinajstić information content (AvgIpc) is 2.18. The van der Waals surface area contributed by atoms with Crippen LogP contribution in [0.5, 0.6) is 0 Å². The van der Waals surface area contributed by atoms with Crippen LogP contribution in [0.15, 0.2) is 11.3 Å². The fourth-order valence-electron chi connectivity index (χ4n) is 0.808. The van der Waals surface area contributed by atoms with Crippen molar-refractivity contribution in [2.75, 3.05) is 6.61 Å². The maximum absolute atomic E-state index is 11.7. The van der Waals surface area contributed by atoms with Gasteiger partial charge in [-0.05, 0) is 0 Å². The number of cyclic esters (lactones) is 1. The minimum atomic E-state index is -2.47. The highest BCUT2D eigenvalue weighted by molar-refractivity contribution is 5.90. The Bertz CT molecular complexity index is 213. The monoisotopic (exact) mass is 163 g/mol. The first-order valence-electron chi connectivity index (χ1n) is 3.04. The SMILES string of the molecule is NC1=C(CC(F)F)COC1=O. The van der Waals surface area contributed by atoms with Gasteiger partial charge in [-0.15, -0.1) is 0 Å². The zero-order valence-corrected chi connectivity index (χ0v) is 5.64. The van der Waals surface area contributed by atoms with Gasteiger partial charge in [0, 0.05) is 12.0 Å². The summed E-state index contributed by atoms with van der Waals surface area (Å²) in [4.78, 5) is 10.5. The van der Waals surface area contributed by atoms with Crippen LogP contribution < -0.4 is 5.73 Å². The van der Waals surface area contributed by atoms with Crippen molar-refractivity contribution in [3.8, 4) is 0 Å². The number of carbonyl (C=O) groups excluding carboxylic acids is 1. The minimum Gasteiger partial charge on any atom is -0.456 e. The fraction of sp³-hybridized carbons (Fsp3) is 0.500. The molecule has 0 spiro atoms. The Morgan fingerprint density at radius 2 is 2.27 bits per heavy atom. The molecule has 0 aromatic carbocycles. The highest BCUT2D eigenvalue weighted by atomic mass is 19.3. The summed E-state index contributed by atoms with van der Waals surface area (Å²) in [6.45, 7) is -0.0883. The number of alkyl halides is 2. The molecule has 62 valence electrons. The van der Waals surface area contributed by atoms with E-state index in [1.807, 2.05) is 0 Å². The molecule has 5 heteroatoms. The number of hydrogen-bond acceptors (Lipinski definition) is 3. The first-order valence-corrected chi connectivity index (χ1v) is 3.04. The highest BCUT2D eigenvalue weighted by Crippen LogP contribution is 2.18. The summed E-state index contributed by atoms with van der Waals surface area (Å²) in [7, 11) is 0. The predicted octanol–water partition coefficient (Wildman–Crippen LogP) is 0.411. The van der Waals surface area contributed by atoms with E-state index in [9.17, 15) is 13.6 Å². The van der Waals surface area contributed by atoms with Crippen LogP contribution in [0.3, 0.4) is 0 Å². The van der Waals surface area contributed by atoms with Crippen LogP contribution in [-0.2, 0) is 9.53 Å². The van der Waals surface area contributed by atoms with Gasteiger partial charge >= 0.3 is 5.97 Å². The first kappa shape index (κ1) is 7.97. The number of esters is 1. The molecular weight excluding hydrogens is 156 g/mol. The molecular formula is C6H7F2NO2. The van der Waals surface area contributed by atoms with Gasteiger partial charge in [0.2, 0.25) is 6.43 Å². The Morgan fingerprint density at radius 3 is 2.64 bits per heavy atom. The molecule has 1 heterocycles. The molecule has 1 aliphatic rings. The third-order valence-electron chi connectivity index (χ3n) is 1.38. The van der Waals surface area contributed by atoms with Gasteiger partial charge in [0.25, 0.3) is 0 Å². The fourth-order valence-corrected chi connectivity index (χ4v) is 0.808. The molecule has 0 atom stereocenters. The van der Waals surface area contributed by atoms with Crippen LogP contribution in [-0.4, -0.2) is 19.0 Å². The van der Waals surface area contributed by atoms with Crippen LogP contribution in [0, 0.1) is 0 Å². The highest BCUT2D eigenvalue weighted by Gasteiger charge is 2.23. The summed E-state index contributed by atoms with van der Waals surface area (Å²) in [5.41, 5.74) is 5.18. The number of nitrogens with two attached hydrogens (primary N) is 1. The molecule has 0 saturated carbocycles. The van der Waals surface area contributed by atoms with Crippen LogP contribution >= 0.6 is 0 Å². The van der Waals surface area contributed by atoms with E-state index in [-0.39, 0.29) is 17.9 Å². The standard InChI is InChI=1S/C6H7F2NO2/c7-4(8)1-3-2-11-6(10)5(3)9/h4H,1-2,9H2. The third kappa shape index (κ3) is 1.66. The molecule has 11 heavy (non-hydrogen) atoms. The van der Waals surface area contributed by atoms with Crippen molar-refractivity contribution in [3.05, 3.63) is 11.3 Å². The van der Waals surface area contributed by atoms with Gasteiger partial charge in [-0.3, -0.25) is 0 Å². The number of carbonyl (C=O) groups is 1. The Kier molecular flexibility index (Phi) is 2.07. The predicted molar refractivity (Wildman–Crippen MR) is 32.8 cm³/mol. The number of ether oxygens (including phenoxy) is 1. The molecule has 0 radical (unpaired) electrons. The topological polar surface area (TPSA) is 52.3 Å². The van der Waals surface area contributed by atoms with Gasteiger partial charge in [-0.2, -0.15) is 0 Å². The van der Waals surface area contributed by atoms with E-state index in [4.69, 9.17) is 5.73 Å². The van der Waals surface area contributed by atoms with Crippen LogP contribution in [0.4, 0.5) is 8.78 Å². The lowest BCUT2D eigenvalue weighted by Crippen LogP contribution is -2.08. The molecule has 2 N–H and O–H groups in total. The Labute approximate surface area is 61.8 Å². The zero-order chi connectivity index (χ0) is 8.43. The van der Waals surface area contributed by atoms with Crippen LogP contribution in [0.2, 0.25) is 0 Å². The van der Waals surface area contributed by atoms with Crippen molar-refractivity contribution in [1.29, 1.82) is 0 Å². The Hall–Kier alpha value is -1.13. The first-order chi connectivity index (χ1) is 5.11. The molecule has 0 aliphatic carbocycles. The molecule has 0 fully saturated rings. The summed E-state index contributed by atoms with van der Waals surface area (Å²) < 4.78 is 27.9. The van der Waals surface area contributed by atoms with E-state index in [1.54, 1.807) is 0 Å². The van der Waals surface area contributed by atoms with E-state index in [0.717, 1.165) is 0 Å². The van der Waals surface area contributed by atoms with Crippen molar-refractivity contribution in [1.82, 2.24) is 0 Å². The number of hydrogen-bond donors (Lipinski definition) is 1. The third-order valence-corrected chi connectivity index (χ3v) is 1.38. The van der Waals surface area contributed by atoms with E-state index < -0.39 is 18.8 Å². The van der Waals surface area contributed by atoms with Gasteiger partial charge < -0.3 is 10.5 Å². The minimum absolute atomic E-state index is 0.0883. The van der Waals surface area contributed by atoms with E-state index in [2.05, 4.69) is 4.74 Å². The Balaban J connectivity index is 2.64. The van der Waals surface area contributed by atoms with Gasteiger partial charge in [-0.25, -0.2) is 13.6 Å². The lowest BCUT2D eigenvalue weighted by atomic mass is 10.2. The molecule has 1 rings (SSSR count). The molecule has 0 aromatic rings. The van der Waals surface area contributed by atoms with Crippen molar-refractivity contribution < 1.29 is 18.3 Å². The summed E-state index contributed by atoms with van der Waals surface area (Å²) >= 11 is 0. The summed E-state index contributed by atoms with van der Waals surface area (Å²) in [6.07, 6.45) is -2.95. The van der Waals surface area contributed by atoms with Gasteiger partial charge in [0.15, 0.2) is 0 Å². The van der Waals surface area contributed by atoms with E-state index >= 15 is 0 Å². The molecule has 0 unspecified atom stereocenters. The van der Waals surface area contributed by atoms with Gasteiger partial charge in [0.05, 0.1) is 0 Å². The van der Waals surface area contributed by atoms with Crippen molar-refractivity contribution >= 4 is 5.97 Å². The second kappa shape index (κ2) is 2.86. The quantitative estimate of drug-likeness (QED) is 0.600. The molecule has 0 aromatic heterocycles. The lowest BCUT2D eigenvalue weighted by Gasteiger charge is -1.97. The van der Waals surface area contributed by atoms with E-state index in [1.165, 1.54) is 0 Å². The van der Waals surface area contributed by atoms with Gasteiger partial charge in [0.1, 0.15) is 12.3 Å². The normalized spacial score (nSPS) is 17.9. The summed E-state index contributed by atoms with van der Waals surface area (Å²) in [5, 5.41) is 0. The Morgan fingerprint density at radius 1 is 1.64 bits per heavy atom. The van der Waals surface area contributed by atoms with Crippen molar-refractivity contribution in [2.45, 2.75) is 12.8 Å². The smallest absolute Gasteiger partial charge is 0.354 e. The lowest BCUT2D eigenvalue weighted by molar-refractivity contribution is -0.136. The average molecular weight is 163 g/mol. The van der Waals surface area contributed by atoms with Gasteiger partial charge in [-0.1, -0.05) is 0 Å². The largest absolute Gasteiger partial charge is 0.456 e. The zero-order valence-electron chi connectivity index (χ0n) is 5.64. The maximum Gasteiger partial charge on any atom is 0.354 e. The van der Waals surface area contributed by atoms with Crippen LogP contribution in [0.1, 0.15) is 6.42 Å². The second-order valence-corrected chi connectivity index (χ2v) is 2.19. The molecule has 0 amide bonds.